The van der Waals surface area contributed by atoms with Gasteiger partial charge < -0.3 is 9.47 Å². The highest BCUT2D eigenvalue weighted by Crippen LogP contribution is 2.17. The van der Waals surface area contributed by atoms with E-state index in [2.05, 4.69) is 18.6 Å². The highest BCUT2D eigenvalue weighted by Gasteiger charge is 2.13. The fourth-order valence-corrected chi connectivity index (χ4v) is 4.12. The Kier molecular flexibility index (Phi) is 8.05. The zero-order valence-corrected chi connectivity index (χ0v) is 10.4. The molecule has 0 heterocycles. The Labute approximate surface area is 80.0 Å². The summed E-state index contributed by atoms with van der Waals surface area (Å²) in [6, 6.07) is 0. The normalized spacial score (nSPS) is 15.0. The van der Waals surface area contributed by atoms with Crippen molar-refractivity contribution in [2.45, 2.75) is 24.1 Å². The summed E-state index contributed by atoms with van der Waals surface area (Å²) in [5.74, 6) is 0.0552. The zero-order valence-electron chi connectivity index (χ0n) is 7.24. The van der Waals surface area contributed by atoms with E-state index >= 15 is 0 Å². The Hall–Kier alpha value is 0.837. The molecular weight excluding hydrogens is 196 g/mol. The lowest BCUT2D eigenvalue weighted by atomic mass is 10.6. The first-order chi connectivity index (χ1) is 5.28. The van der Waals surface area contributed by atoms with E-state index in [0.29, 0.717) is 4.87 Å². The lowest BCUT2D eigenvalue weighted by Gasteiger charge is -2.17. The Bertz CT molecular complexity index is 76.7. The average Bonchev–Trinajstić information content (AvgIpc) is 2.07. The third-order valence-electron chi connectivity index (χ3n) is 1.59. The molecular formula is C6H16O2S2Si. The van der Waals surface area contributed by atoms with E-state index < -0.39 is 0 Å². The van der Waals surface area contributed by atoms with E-state index in [-0.39, 0.29) is 15.4 Å². The Balaban J connectivity index is 3.58. The van der Waals surface area contributed by atoms with Gasteiger partial charge in [-0.3, -0.25) is 0 Å². The van der Waals surface area contributed by atoms with Gasteiger partial charge in [0.1, 0.15) is 15.4 Å². The molecule has 0 aromatic carbocycles. The van der Waals surface area contributed by atoms with Gasteiger partial charge in [-0.25, -0.2) is 0 Å². The van der Waals surface area contributed by atoms with Gasteiger partial charge in [-0.05, 0) is 6.42 Å². The second-order valence-electron chi connectivity index (χ2n) is 2.27. The molecule has 0 spiro atoms. The van der Waals surface area contributed by atoms with Crippen LogP contribution in [0.2, 0.25) is 0 Å². The van der Waals surface area contributed by atoms with Crippen LogP contribution in [-0.2, 0) is 9.47 Å². The van der Waals surface area contributed by atoms with E-state index in [1.54, 1.807) is 25.0 Å². The van der Waals surface area contributed by atoms with E-state index in [1.807, 2.05) is 0 Å². The van der Waals surface area contributed by atoms with Crippen LogP contribution in [-0.4, -0.2) is 34.5 Å². The largest absolute Gasteiger partial charge is 0.360 e. The third kappa shape index (κ3) is 5.14. The molecule has 0 aliphatic rings. The van der Waals surface area contributed by atoms with Crippen molar-refractivity contribution >= 4 is 32.0 Å². The van der Waals surface area contributed by atoms with Crippen LogP contribution in [0, 0.1) is 0 Å². The van der Waals surface area contributed by atoms with Gasteiger partial charge in [0, 0.05) is 19.1 Å². The third-order valence-corrected chi connectivity index (χ3v) is 7.19. The highest BCUT2D eigenvalue weighted by molar-refractivity contribution is 8.69. The minimum atomic E-state index is -0.319. The van der Waals surface area contributed by atoms with E-state index in [9.17, 15) is 0 Å². The maximum Gasteiger partial charge on any atom is 0.135 e. The summed E-state index contributed by atoms with van der Waals surface area (Å²) in [6.07, 6.45) is 1.16. The highest BCUT2D eigenvalue weighted by atomic mass is 33.1. The fourth-order valence-electron chi connectivity index (χ4n) is 0.788. The predicted octanol–water partition coefficient (Wildman–Crippen LogP) is 1.05. The Morgan fingerprint density at radius 1 is 1.45 bits per heavy atom. The van der Waals surface area contributed by atoms with Crippen molar-refractivity contribution in [2.75, 3.05) is 14.2 Å². The molecule has 2 nitrogen and oxygen atoms in total. The topological polar surface area (TPSA) is 18.5 Å². The van der Waals surface area contributed by atoms with Crippen LogP contribution in [0.25, 0.3) is 0 Å². The first-order valence-electron chi connectivity index (χ1n) is 3.64. The quantitative estimate of drug-likeness (QED) is 0.307. The molecule has 68 valence electrons. The minimum Gasteiger partial charge on any atom is -0.360 e. The van der Waals surface area contributed by atoms with E-state index in [1.165, 1.54) is 0 Å². The molecule has 0 fully saturated rings. The summed E-state index contributed by atoms with van der Waals surface area (Å²) in [5, 5.41) is 0. The molecule has 0 N–H and O–H groups in total. The average molecular weight is 212 g/mol. The molecule has 0 bridgehead atoms. The van der Waals surface area contributed by atoms with Crippen molar-refractivity contribution in [3.63, 3.8) is 0 Å². The van der Waals surface area contributed by atoms with Crippen LogP contribution < -0.4 is 0 Å². The van der Waals surface area contributed by atoms with E-state index in [0.717, 1.165) is 6.42 Å². The molecule has 0 aliphatic carbocycles. The van der Waals surface area contributed by atoms with Gasteiger partial charge in [-0.15, -0.1) is 11.7 Å². The molecule has 0 radical (unpaired) electrons. The SMILES string of the molecule is CCC([SiH2]C(OC)OC)SS. The monoisotopic (exact) mass is 212 g/mol. The van der Waals surface area contributed by atoms with Gasteiger partial charge in [-0.2, -0.15) is 0 Å². The smallest absolute Gasteiger partial charge is 0.135 e. The number of hydrogen-bond acceptors (Lipinski definition) is 4. The summed E-state index contributed by atoms with van der Waals surface area (Å²) >= 11 is 4.19. The molecule has 11 heavy (non-hydrogen) atoms. The molecule has 0 aliphatic heterocycles. The number of thiol groups is 1. The van der Waals surface area contributed by atoms with Gasteiger partial charge in [-0.1, -0.05) is 17.7 Å². The van der Waals surface area contributed by atoms with Crippen molar-refractivity contribution in [3.8, 4) is 0 Å². The molecule has 1 atom stereocenters. The van der Waals surface area contributed by atoms with Gasteiger partial charge in [0.25, 0.3) is 0 Å². The van der Waals surface area contributed by atoms with Crippen LogP contribution in [0.1, 0.15) is 13.3 Å². The summed E-state index contributed by atoms with van der Waals surface area (Å²) in [6.45, 7) is 2.17. The van der Waals surface area contributed by atoms with Crippen molar-refractivity contribution in [2.24, 2.45) is 0 Å². The Morgan fingerprint density at radius 2 is 2.00 bits per heavy atom. The Morgan fingerprint density at radius 3 is 2.27 bits per heavy atom. The lowest BCUT2D eigenvalue weighted by Crippen LogP contribution is -2.29. The first kappa shape index (κ1) is 11.8. The summed E-state index contributed by atoms with van der Waals surface area (Å²) < 4.78 is 10.3. The van der Waals surface area contributed by atoms with Crippen LogP contribution in [0.4, 0.5) is 0 Å². The maximum atomic E-state index is 5.13. The van der Waals surface area contributed by atoms with Gasteiger partial charge >= 0.3 is 0 Å². The van der Waals surface area contributed by atoms with Crippen LogP contribution in [0.3, 0.4) is 0 Å². The molecule has 0 saturated carbocycles. The van der Waals surface area contributed by atoms with Crippen LogP contribution >= 0.6 is 22.5 Å². The number of ether oxygens (including phenoxy) is 2. The number of rotatable bonds is 6. The van der Waals surface area contributed by atoms with Gasteiger partial charge in [0.05, 0.1) is 0 Å². The molecule has 0 amide bonds. The summed E-state index contributed by atoms with van der Waals surface area (Å²) in [4.78, 5) is 0.656. The molecule has 0 saturated heterocycles. The lowest BCUT2D eigenvalue weighted by molar-refractivity contribution is -0.0442. The van der Waals surface area contributed by atoms with Gasteiger partial charge in [0.2, 0.25) is 0 Å². The van der Waals surface area contributed by atoms with Crippen LogP contribution in [0.15, 0.2) is 0 Å². The van der Waals surface area contributed by atoms with Crippen LogP contribution in [0.5, 0.6) is 0 Å². The fraction of sp³-hybridized carbons (Fsp3) is 1.00. The molecule has 0 aromatic rings. The number of hydrogen-bond donors (Lipinski definition) is 1. The zero-order chi connectivity index (χ0) is 8.69. The minimum absolute atomic E-state index is 0.0552. The first-order valence-corrected chi connectivity index (χ1v) is 7.20. The molecule has 0 rings (SSSR count). The van der Waals surface area contributed by atoms with Gasteiger partial charge in [0.15, 0.2) is 0 Å². The standard InChI is InChI=1S/C6H16O2S2Si/c1-4-5(10-9)11-6(7-2)8-3/h5-6,9H,4,11H2,1-3H3. The van der Waals surface area contributed by atoms with Crippen molar-refractivity contribution < 1.29 is 9.47 Å². The maximum absolute atomic E-state index is 5.13. The molecule has 1 unspecified atom stereocenters. The number of methoxy groups -OCH3 is 2. The van der Waals surface area contributed by atoms with Crippen molar-refractivity contribution in [3.05, 3.63) is 0 Å². The van der Waals surface area contributed by atoms with Crippen molar-refractivity contribution in [1.29, 1.82) is 0 Å². The summed E-state index contributed by atoms with van der Waals surface area (Å²) in [5.41, 5.74) is 0. The predicted molar refractivity (Wildman–Crippen MR) is 57.0 cm³/mol. The molecule has 5 heteroatoms. The second-order valence-corrected chi connectivity index (χ2v) is 6.50. The van der Waals surface area contributed by atoms with E-state index in [4.69, 9.17) is 9.47 Å². The van der Waals surface area contributed by atoms with Crippen molar-refractivity contribution in [1.82, 2.24) is 0 Å². The molecule has 0 aromatic heterocycles. The second kappa shape index (κ2) is 7.48. The summed E-state index contributed by atoms with van der Waals surface area (Å²) in [7, 11) is 4.69.